The number of carbonyl (C=O) groups is 2. The van der Waals surface area contributed by atoms with E-state index in [0.29, 0.717) is 43.2 Å². The summed E-state index contributed by atoms with van der Waals surface area (Å²) in [6, 6.07) is 12.6. The Kier molecular flexibility index (Phi) is 5.06. The predicted molar refractivity (Wildman–Crippen MR) is 103 cm³/mol. The Labute approximate surface area is 163 Å². The number of anilines is 1. The summed E-state index contributed by atoms with van der Waals surface area (Å²) in [4.78, 5) is 26.6. The average Bonchev–Trinajstić information content (AvgIpc) is 3.32. The Bertz CT molecular complexity index is 881. The van der Waals surface area contributed by atoms with Gasteiger partial charge in [-0.05, 0) is 49.4 Å². The molecule has 2 heterocycles. The van der Waals surface area contributed by atoms with E-state index in [4.69, 9.17) is 14.2 Å². The summed E-state index contributed by atoms with van der Waals surface area (Å²) >= 11 is 0. The van der Waals surface area contributed by atoms with Crippen LogP contribution in [0, 0.1) is 5.92 Å². The molecule has 2 amide bonds. The number of ether oxygens (including phenoxy) is 3. The number of carbonyl (C=O) groups excluding carboxylic acids is 2. The Morgan fingerprint density at radius 1 is 1.18 bits per heavy atom. The maximum absolute atomic E-state index is 12.4. The van der Waals surface area contributed by atoms with Crippen molar-refractivity contribution < 1.29 is 23.8 Å². The summed E-state index contributed by atoms with van der Waals surface area (Å²) in [7, 11) is 0. The first-order valence-corrected chi connectivity index (χ1v) is 9.35. The van der Waals surface area contributed by atoms with Crippen LogP contribution in [0.2, 0.25) is 0 Å². The molecule has 4 rings (SSSR count). The van der Waals surface area contributed by atoms with Crippen LogP contribution in [0.5, 0.6) is 17.2 Å². The Hall–Kier alpha value is -3.22. The van der Waals surface area contributed by atoms with Crippen molar-refractivity contribution in [2.24, 2.45) is 5.92 Å². The molecule has 2 aromatic rings. The van der Waals surface area contributed by atoms with Gasteiger partial charge in [-0.3, -0.25) is 9.59 Å². The van der Waals surface area contributed by atoms with Gasteiger partial charge in [0.15, 0.2) is 11.5 Å². The molecule has 1 unspecified atom stereocenters. The lowest BCUT2D eigenvalue weighted by Gasteiger charge is -2.17. The monoisotopic (exact) mass is 382 g/mol. The third-order valence-electron chi connectivity index (χ3n) is 4.85. The van der Waals surface area contributed by atoms with Gasteiger partial charge in [0.2, 0.25) is 12.7 Å². The number of nitrogens with zero attached hydrogens (tertiary/aromatic N) is 1. The van der Waals surface area contributed by atoms with Crippen LogP contribution in [0.15, 0.2) is 42.5 Å². The molecule has 28 heavy (non-hydrogen) atoms. The second-order valence-electron chi connectivity index (χ2n) is 6.78. The average molecular weight is 382 g/mol. The van der Waals surface area contributed by atoms with E-state index in [2.05, 4.69) is 5.32 Å². The van der Waals surface area contributed by atoms with Crippen molar-refractivity contribution in [2.45, 2.75) is 13.3 Å². The van der Waals surface area contributed by atoms with Crippen LogP contribution in [-0.2, 0) is 4.79 Å². The molecule has 1 N–H and O–H groups in total. The molecule has 7 heteroatoms. The standard InChI is InChI=1S/C21H22N2O5/c1-2-26-17-6-4-16(5-7-17)23-12-14(9-20(23)24)11-22-21(25)15-3-8-18-19(10-15)28-13-27-18/h3-8,10,14H,2,9,11-13H2,1H3,(H,22,25). The first-order chi connectivity index (χ1) is 13.6. The number of benzene rings is 2. The largest absolute Gasteiger partial charge is 0.494 e. The van der Waals surface area contributed by atoms with Gasteiger partial charge in [0.25, 0.3) is 5.91 Å². The summed E-state index contributed by atoms with van der Waals surface area (Å²) in [5.41, 5.74) is 1.36. The fourth-order valence-corrected chi connectivity index (χ4v) is 3.43. The van der Waals surface area contributed by atoms with Gasteiger partial charge in [-0.25, -0.2) is 0 Å². The fraction of sp³-hybridized carbons (Fsp3) is 0.333. The summed E-state index contributed by atoms with van der Waals surface area (Å²) in [5, 5.41) is 2.92. The van der Waals surface area contributed by atoms with Crippen molar-refractivity contribution in [3.8, 4) is 17.2 Å². The lowest BCUT2D eigenvalue weighted by atomic mass is 10.1. The molecule has 0 bridgehead atoms. The van der Waals surface area contributed by atoms with Gasteiger partial charge in [-0.1, -0.05) is 0 Å². The van der Waals surface area contributed by atoms with Gasteiger partial charge >= 0.3 is 0 Å². The van der Waals surface area contributed by atoms with Crippen LogP contribution < -0.4 is 24.4 Å². The van der Waals surface area contributed by atoms with Crippen molar-refractivity contribution in [2.75, 3.05) is 31.4 Å². The minimum absolute atomic E-state index is 0.0616. The summed E-state index contributed by atoms with van der Waals surface area (Å²) in [5.74, 6) is 1.94. The van der Waals surface area contributed by atoms with E-state index in [-0.39, 0.29) is 24.5 Å². The number of fused-ring (bicyclic) bond motifs is 1. The highest BCUT2D eigenvalue weighted by Crippen LogP contribution is 2.32. The van der Waals surface area contributed by atoms with Gasteiger partial charge in [-0.2, -0.15) is 0 Å². The fourth-order valence-electron chi connectivity index (χ4n) is 3.43. The van der Waals surface area contributed by atoms with E-state index in [0.717, 1.165) is 11.4 Å². The van der Waals surface area contributed by atoms with E-state index in [1.54, 1.807) is 23.1 Å². The van der Waals surface area contributed by atoms with Gasteiger partial charge in [0.05, 0.1) is 6.61 Å². The van der Waals surface area contributed by atoms with E-state index in [9.17, 15) is 9.59 Å². The number of nitrogens with one attached hydrogen (secondary N) is 1. The Morgan fingerprint density at radius 3 is 2.75 bits per heavy atom. The van der Waals surface area contributed by atoms with Crippen LogP contribution in [0.3, 0.4) is 0 Å². The molecule has 0 radical (unpaired) electrons. The third kappa shape index (κ3) is 3.74. The van der Waals surface area contributed by atoms with Crippen LogP contribution in [-0.4, -0.2) is 38.3 Å². The molecule has 0 spiro atoms. The molecule has 1 saturated heterocycles. The summed E-state index contributed by atoms with van der Waals surface area (Å²) in [6.07, 6.45) is 0.411. The summed E-state index contributed by atoms with van der Waals surface area (Å²) < 4.78 is 16.0. The van der Waals surface area contributed by atoms with Crippen molar-refractivity contribution >= 4 is 17.5 Å². The first kappa shape index (κ1) is 18.2. The predicted octanol–water partition coefficient (Wildman–Crippen LogP) is 2.60. The van der Waals surface area contributed by atoms with Crippen LogP contribution in [0.1, 0.15) is 23.7 Å². The molecule has 1 atom stereocenters. The second-order valence-corrected chi connectivity index (χ2v) is 6.78. The normalized spacial score (nSPS) is 17.7. The third-order valence-corrected chi connectivity index (χ3v) is 4.85. The Balaban J connectivity index is 1.33. The molecule has 0 aliphatic carbocycles. The van der Waals surface area contributed by atoms with Crippen molar-refractivity contribution in [3.05, 3.63) is 48.0 Å². The van der Waals surface area contributed by atoms with E-state index in [1.165, 1.54) is 0 Å². The number of amides is 2. The lowest BCUT2D eigenvalue weighted by molar-refractivity contribution is -0.117. The molecule has 7 nitrogen and oxygen atoms in total. The second kappa shape index (κ2) is 7.80. The summed E-state index contributed by atoms with van der Waals surface area (Å²) in [6.45, 7) is 3.72. The van der Waals surface area contributed by atoms with Gasteiger partial charge in [-0.15, -0.1) is 0 Å². The minimum Gasteiger partial charge on any atom is -0.494 e. The zero-order valence-electron chi connectivity index (χ0n) is 15.6. The maximum atomic E-state index is 12.4. The molecule has 0 aromatic heterocycles. The van der Waals surface area contributed by atoms with E-state index >= 15 is 0 Å². The molecule has 0 saturated carbocycles. The topological polar surface area (TPSA) is 77.1 Å². The van der Waals surface area contributed by atoms with Crippen molar-refractivity contribution in [3.63, 3.8) is 0 Å². The highest BCUT2D eigenvalue weighted by atomic mass is 16.7. The molecular weight excluding hydrogens is 360 g/mol. The van der Waals surface area contributed by atoms with E-state index < -0.39 is 0 Å². The number of hydrogen-bond donors (Lipinski definition) is 1. The van der Waals surface area contributed by atoms with Crippen LogP contribution in [0.25, 0.3) is 0 Å². The molecule has 2 aliphatic heterocycles. The SMILES string of the molecule is CCOc1ccc(N2CC(CNC(=O)c3ccc4c(c3)OCO4)CC2=O)cc1. The maximum Gasteiger partial charge on any atom is 0.251 e. The van der Waals surface area contributed by atoms with Crippen molar-refractivity contribution in [1.29, 1.82) is 0 Å². The molecule has 1 fully saturated rings. The van der Waals surface area contributed by atoms with Gasteiger partial charge in [0, 0.05) is 36.7 Å². The molecule has 146 valence electrons. The van der Waals surface area contributed by atoms with Crippen LogP contribution >= 0.6 is 0 Å². The number of hydrogen-bond acceptors (Lipinski definition) is 5. The smallest absolute Gasteiger partial charge is 0.251 e. The molecule has 2 aliphatic rings. The highest BCUT2D eigenvalue weighted by molar-refractivity contribution is 5.96. The minimum atomic E-state index is -0.190. The lowest BCUT2D eigenvalue weighted by Crippen LogP contribution is -2.31. The highest BCUT2D eigenvalue weighted by Gasteiger charge is 2.31. The van der Waals surface area contributed by atoms with E-state index in [1.807, 2.05) is 31.2 Å². The van der Waals surface area contributed by atoms with Gasteiger partial charge in [0.1, 0.15) is 5.75 Å². The molecule has 2 aromatic carbocycles. The van der Waals surface area contributed by atoms with Gasteiger partial charge < -0.3 is 24.4 Å². The quantitative estimate of drug-likeness (QED) is 0.831. The first-order valence-electron chi connectivity index (χ1n) is 9.35. The van der Waals surface area contributed by atoms with Crippen LogP contribution in [0.4, 0.5) is 5.69 Å². The Morgan fingerprint density at radius 2 is 1.96 bits per heavy atom. The number of rotatable bonds is 6. The zero-order chi connectivity index (χ0) is 19.5. The van der Waals surface area contributed by atoms with Crippen molar-refractivity contribution in [1.82, 2.24) is 5.32 Å². The zero-order valence-corrected chi connectivity index (χ0v) is 15.6. The molecular formula is C21H22N2O5.